The van der Waals surface area contributed by atoms with Crippen LogP contribution in [0.5, 0.6) is 0 Å². The topological polar surface area (TPSA) is 107 Å². The molecule has 0 amide bonds. The number of rotatable bonds is 6. The van der Waals surface area contributed by atoms with Crippen molar-refractivity contribution >= 4 is 15.8 Å². The first-order valence-corrected chi connectivity index (χ1v) is 9.72. The minimum absolute atomic E-state index is 0.0673. The Kier molecular flexibility index (Phi) is 5.15. The fourth-order valence-corrected chi connectivity index (χ4v) is 3.47. The molecule has 140 valence electrons. The highest BCUT2D eigenvalue weighted by molar-refractivity contribution is 7.89. The highest BCUT2D eigenvalue weighted by atomic mass is 32.2. The maximum atomic E-state index is 12.5. The van der Waals surface area contributed by atoms with Crippen molar-refractivity contribution in [3.8, 4) is 5.69 Å². The van der Waals surface area contributed by atoms with Crippen LogP contribution in [0.25, 0.3) is 5.69 Å². The lowest BCUT2D eigenvalue weighted by Crippen LogP contribution is -2.25. The molecule has 0 spiro atoms. The van der Waals surface area contributed by atoms with E-state index in [9.17, 15) is 13.2 Å². The highest BCUT2D eigenvalue weighted by Gasteiger charge is 2.17. The van der Waals surface area contributed by atoms with Crippen LogP contribution in [0.1, 0.15) is 34.2 Å². The Bertz CT molecular complexity index is 1090. The number of hydrogen-bond acceptors (Lipinski definition) is 6. The molecule has 1 aromatic heterocycles. The molecule has 0 atom stereocenters. The summed E-state index contributed by atoms with van der Waals surface area (Å²) in [6.45, 7) is 5.34. The number of Topliss-reactive ketones (excluding diaryl/α,β-unsaturated/α-hetero) is 1. The van der Waals surface area contributed by atoms with Gasteiger partial charge in [0, 0.05) is 5.56 Å². The molecule has 2 aromatic carbocycles. The van der Waals surface area contributed by atoms with Crippen molar-refractivity contribution in [2.45, 2.75) is 32.2 Å². The first-order valence-electron chi connectivity index (χ1n) is 8.23. The van der Waals surface area contributed by atoms with E-state index in [2.05, 4.69) is 20.2 Å². The maximum absolute atomic E-state index is 12.5. The van der Waals surface area contributed by atoms with Crippen molar-refractivity contribution < 1.29 is 13.2 Å². The average Bonchev–Trinajstić information content (AvgIpc) is 3.11. The second-order valence-corrected chi connectivity index (χ2v) is 7.95. The van der Waals surface area contributed by atoms with Gasteiger partial charge in [-0.25, -0.2) is 13.1 Å². The zero-order valence-corrected chi connectivity index (χ0v) is 16.0. The van der Waals surface area contributed by atoms with Crippen LogP contribution in [0.4, 0.5) is 0 Å². The predicted octanol–water partition coefficient (Wildman–Crippen LogP) is 1.96. The van der Waals surface area contributed by atoms with E-state index in [0.717, 1.165) is 16.8 Å². The van der Waals surface area contributed by atoms with Gasteiger partial charge in [0.2, 0.25) is 10.0 Å². The van der Waals surface area contributed by atoms with E-state index in [0.29, 0.717) is 11.4 Å². The first kappa shape index (κ1) is 18.9. The number of aromatic nitrogens is 4. The van der Waals surface area contributed by atoms with Crippen molar-refractivity contribution in [1.29, 1.82) is 0 Å². The van der Waals surface area contributed by atoms with Gasteiger partial charge < -0.3 is 0 Å². The van der Waals surface area contributed by atoms with E-state index in [1.807, 2.05) is 32.0 Å². The summed E-state index contributed by atoms with van der Waals surface area (Å²) in [4.78, 5) is 11.4. The summed E-state index contributed by atoms with van der Waals surface area (Å²) in [5, 5.41) is 11.5. The zero-order chi connectivity index (χ0) is 19.6. The van der Waals surface area contributed by atoms with Crippen molar-refractivity contribution in [2.75, 3.05) is 0 Å². The zero-order valence-electron chi connectivity index (χ0n) is 15.2. The molecule has 9 heteroatoms. The second kappa shape index (κ2) is 7.37. The predicted molar refractivity (Wildman–Crippen MR) is 99.1 cm³/mol. The Morgan fingerprint density at radius 1 is 1.07 bits per heavy atom. The molecule has 1 N–H and O–H groups in total. The van der Waals surface area contributed by atoms with Crippen LogP contribution in [0.3, 0.4) is 0 Å². The lowest BCUT2D eigenvalue weighted by molar-refractivity contribution is 0.101. The summed E-state index contributed by atoms with van der Waals surface area (Å²) < 4.78 is 28.9. The van der Waals surface area contributed by atoms with Crippen LogP contribution >= 0.6 is 0 Å². The minimum Gasteiger partial charge on any atom is -0.295 e. The molecular formula is C18H19N5O3S. The molecule has 8 nitrogen and oxygen atoms in total. The molecule has 0 saturated heterocycles. The molecule has 3 aromatic rings. The first-order chi connectivity index (χ1) is 12.8. The molecule has 0 aliphatic rings. The Morgan fingerprint density at radius 3 is 2.41 bits per heavy atom. The Morgan fingerprint density at radius 2 is 1.78 bits per heavy atom. The van der Waals surface area contributed by atoms with Gasteiger partial charge in [0.05, 0.1) is 17.1 Å². The maximum Gasteiger partial charge on any atom is 0.240 e. The van der Waals surface area contributed by atoms with Gasteiger partial charge in [-0.15, -0.1) is 5.10 Å². The van der Waals surface area contributed by atoms with E-state index in [1.165, 1.54) is 35.9 Å². The number of tetrazole rings is 1. The third-order valence-corrected chi connectivity index (χ3v) is 5.68. The van der Waals surface area contributed by atoms with Crippen LogP contribution in [-0.4, -0.2) is 34.4 Å². The molecule has 0 radical (unpaired) electrons. The fraction of sp³-hybridized carbons (Fsp3) is 0.222. The Balaban J connectivity index is 1.79. The van der Waals surface area contributed by atoms with E-state index >= 15 is 0 Å². The Hall–Kier alpha value is -2.91. The summed E-state index contributed by atoms with van der Waals surface area (Å²) in [5.74, 6) is 0.238. The minimum atomic E-state index is -3.76. The van der Waals surface area contributed by atoms with Crippen LogP contribution in [0.2, 0.25) is 0 Å². The summed E-state index contributed by atoms with van der Waals surface area (Å²) in [5.41, 5.74) is 3.43. The molecule has 0 aliphatic heterocycles. The molecule has 0 saturated carbocycles. The van der Waals surface area contributed by atoms with Gasteiger partial charge in [-0.3, -0.25) is 4.79 Å². The largest absolute Gasteiger partial charge is 0.295 e. The van der Waals surface area contributed by atoms with Crippen molar-refractivity contribution in [3.05, 3.63) is 65.0 Å². The van der Waals surface area contributed by atoms with Gasteiger partial charge in [0.25, 0.3) is 0 Å². The monoisotopic (exact) mass is 385 g/mol. The number of ketones is 1. The number of carbonyl (C=O) groups excluding carboxylic acids is 1. The molecule has 1 heterocycles. The molecular weight excluding hydrogens is 366 g/mol. The smallest absolute Gasteiger partial charge is 0.240 e. The van der Waals surface area contributed by atoms with Gasteiger partial charge in [-0.1, -0.05) is 18.2 Å². The van der Waals surface area contributed by atoms with Gasteiger partial charge in [-0.05, 0) is 66.6 Å². The standard InChI is InChI=1S/C18H19N5O3S/c1-12-4-7-16(10-13(12)2)23-18(20-21-22-23)11-19-27(25,26)17-8-5-15(6-9-17)14(3)24/h4-10,19H,11H2,1-3H3. The van der Waals surface area contributed by atoms with E-state index in [4.69, 9.17) is 0 Å². The van der Waals surface area contributed by atoms with Gasteiger partial charge in [0.15, 0.2) is 11.6 Å². The van der Waals surface area contributed by atoms with Crippen LogP contribution in [0.15, 0.2) is 47.4 Å². The van der Waals surface area contributed by atoms with E-state index in [-0.39, 0.29) is 17.2 Å². The summed E-state index contributed by atoms with van der Waals surface area (Å²) in [6.07, 6.45) is 0. The number of benzene rings is 2. The molecule has 0 aliphatic carbocycles. The number of hydrogen-bond donors (Lipinski definition) is 1. The number of nitrogens with zero attached hydrogens (tertiary/aromatic N) is 4. The third kappa shape index (κ3) is 4.09. The SMILES string of the molecule is CC(=O)c1ccc(S(=O)(=O)NCc2nnnn2-c2ccc(C)c(C)c2)cc1. The van der Waals surface area contributed by atoms with Crippen molar-refractivity contribution in [3.63, 3.8) is 0 Å². The van der Waals surface area contributed by atoms with Crippen molar-refractivity contribution in [1.82, 2.24) is 24.9 Å². The lowest BCUT2D eigenvalue weighted by Gasteiger charge is -2.09. The van der Waals surface area contributed by atoms with Crippen LogP contribution < -0.4 is 4.72 Å². The normalized spacial score (nSPS) is 11.5. The van der Waals surface area contributed by atoms with E-state index in [1.54, 1.807) is 0 Å². The molecule has 0 unspecified atom stereocenters. The van der Waals surface area contributed by atoms with Crippen LogP contribution in [0, 0.1) is 13.8 Å². The molecule has 27 heavy (non-hydrogen) atoms. The number of carbonyl (C=O) groups is 1. The van der Waals surface area contributed by atoms with Crippen LogP contribution in [-0.2, 0) is 16.6 Å². The summed E-state index contributed by atoms with van der Waals surface area (Å²) in [6, 6.07) is 11.5. The highest BCUT2D eigenvalue weighted by Crippen LogP contribution is 2.15. The Labute approximate surface area is 157 Å². The summed E-state index contributed by atoms with van der Waals surface area (Å²) >= 11 is 0. The lowest BCUT2D eigenvalue weighted by atomic mass is 10.1. The third-order valence-electron chi connectivity index (χ3n) is 4.26. The second-order valence-electron chi connectivity index (χ2n) is 6.18. The van der Waals surface area contributed by atoms with Gasteiger partial charge in [-0.2, -0.15) is 4.68 Å². The fourth-order valence-electron chi connectivity index (χ4n) is 2.49. The number of aryl methyl sites for hydroxylation is 2. The summed E-state index contributed by atoms with van der Waals surface area (Å²) in [7, 11) is -3.76. The quantitative estimate of drug-likeness (QED) is 0.650. The molecule has 0 bridgehead atoms. The average molecular weight is 385 g/mol. The molecule has 0 fully saturated rings. The van der Waals surface area contributed by atoms with Gasteiger partial charge >= 0.3 is 0 Å². The number of nitrogens with one attached hydrogen (secondary N) is 1. The number of sulfonamides is 1. The van der Waals surface area contributed by atoms with Gasteiger partial charge in [0.1, 0.15) is 0 Å². The van der Waals surface area contributed by atoms with Crippen molar-refractivity contribution in [2.24, 2.45) is 0 Å². The van der Waals surface area contributed by atoms with E-state index < -0.39 is 10.0 Å². The molecule has 3 rings (SSSR count).